The molecule has 2 aromatic carbocycles. The van der Waals surface area contributed by atoms with Gasteiger partial charge in [0.1, 0.15) is 14.7 Å². The number of alkyl halides is 13. The van der Waals surface area contributed by atoms with Crippen LogP contribution in [-0.4, -0.2) is 54.9 Å². The topological polar surface area (TPSA) is 46.5 Å². The number of esters is 1. The van der Waals surface area contributed by atoms with Crippen LogP contribution in [0.2, 0.25) is 12.6 Å². The van der Waals surface area contributed by atoms with Crippen LogP contribution < -0.4 is 10.4 Å². The summed E-state index contributed by atoms with van der Waals surface area (Å²) in [5.41, 5.74) is 0.484. The van der Waals surface area contributed by atoms with Crippen molar-refractivity contribution < 1.29 is 71.7 Å². The molecule has 236 valence electrons. The molecule has 0 aliphatic heterocycles. The number of carbonyl (C=O) groups excluding carboxylic acids is 1. The minimum Gasteiger partial charge on any atom is -0.461 e. The van der Waals surface area contributed by atoms with Crippen molar-refractivity contribution in [3.63, 3.8) is 0 Å². The lowest BCUT2D eigenvalue weighted by atomic mass is 9.93. The standard InChI is InChI=1S/C25H23F13O3Si/c1-15(40)41-14-17-6-4-8-19(12-17)42(2,18-7-3-5-16(11-18)13-39)10-9-20(26,27)21(28,29)22(30,31)23(32,33)24(34,35)25(36,37)38/h3-8,11-12,39H,9-10,13-14H2,1-2H3. The van der Waals surface area contributed by atoms with E-state index in [9.17, 15) is 67.0 Å². The second kappa shape index (κ2) is 11.7. The SMILES string of the molecule is CC(=O)OCc1cccc([Si](C)(CCC(F)(F)C(F)(F)C(F)(F)C(F)(F)C(F)(F)C(F)(F)F)c2cccc(CO)c2)c1. The van der Waals surface area contributed by atoms with Gasteiger partial charge in [0, 0.05) is 13.3 Å². The maximum absolute atomic E-state index is 14.7. The van der Waals surface area contributed by atoms with Crippen molar-refractivity contribution in [3.05, 3.63) is 59.7 Å². The van der Waals surface area contributed by atoms with Crippen LogP contribution in [0.4, 0.5) is 57.1 Å². The minimum atomic E-state index is -7.97. The molecule has 1 N–H and O–H groups in total. The Balaban J connectivity index is 2.59. The van der Waals surface area contributed by atoms with Crippen LogP contribution in [0, 0.1) is 0 Å². The second-order valence-electron chi connectivity index (χ2n) is 9.67. The zero-order chi connectivity index (χ0) is 32.6. The molecule has 0 fully saturated rings. The lowest BCUT2D eigenvalue weighted by Crippen LogP contribution is -2.70. The molecular weight excluding hydrogens is 623 g/mol. The third-order valence-corrected chi connectivity index (χ3v) is 11.1. The molecule has 1 unspecified atom stereocenters. The third-order valence-electron chi connectivity index (χ3n) is 6.69. The van der Waals surface area contributed by atoms with E-state index >= 15 is 0 Å². The van der Waals surface area contributed by atoms with E-state index in [-0.39, 0.29) is 28.1 Å². The van der Waals surface area contributed by atoms with Crippen LogP contribution in [0.1, 0.15) is 24.5 Å². The van der Waals surface area contributed by atoms with Crippen molar-refractivity contribution in [2.45, 2.75) is 74.9 Å². The zero-order valence-electron chi connectivity index (χ0n) is 21.6. The van der Waals surface area contributed by atoms with E-state index in [1.165, 1.54) is 55.1 Å². The first-order valence-corrected chi connectivity index (χ1v) is 14.5. The summed E-state index contributed by atoms with van der Waals surface area (Å²) < 4.78 is 182. The number of hydrogen-bond acceptors (Lipinski definition) is 3. The Hall–Kier alpha value is -2.82. The molecule has 0 saturated carbocycles. The summed E-state index contributed by atoms with van der Waals surface area (Å²) in [5.74, 6) is -37.9. The van der Waals surface area contributed by atoms with Crippen LogP contribution in [0.15, 0.2) is 48.5 Å². The first-order valence-electron chi connectivity index (χ1n) is 11.8. The van der Waals surface area contributed by atoms with E-state index in [1.54, 1.807) is 0 Å². The number of halogens is 13. The molecule has 0 aliphatic rings. The van der Waals surface area contributed by atoms with E-state index in [4.69, 9.17) is 4.74 Å². The van der Waals surface area contributed by atoms with Gasteiger partial charge in [0.25, 0.3) is 0 Å². The van der Waals surface area contributed by atoms with E-state index in [0.717, 1.165) is 6.92 Å². The number of rotatable bonds is 12. The first kappa shape index (κ1) is 35.4. The predicted octanol–water partition coefficient (Wildman–Crippen LogP) is 6.56. The smallest absolute Gasteiger partial charge is 0.460 e. The fraction of sp³-hybridized carbons (Fsp3) is 0.480. The summed E-state index contributed by atoms with van der Waals surface area (Å²) in [6.45, 7) is 1.46. The third kappa shape index (κ3) is 6.26. The second-order valence-corrected chi connectivity index (χ2v) is 14.0. The Kier molecular flexibility index (Phi) is 9.85. The van der Waals surface area contributed by atoms with Gasteiger partial charge in [-0.3, -0.25) is 4.79 Å². The molecular formula is C25H23F13O3Si. The zero-order valence-corrected chi connectivity index (χ0v) is 22.6. The van der Waals surface area contributed by atoms with Gasteiger partial charge < -0.3 is 9.84 Å². The van der Waals surface area contributed by atoms with Crippen molar-refractivity contribution in [1.29, 1.82) is 0 Å². The van der Waals surface area contributed by atoms with Crippen molar-refractivity contribution in [1.82, 2.24) is 0 Å². The van der Waals surface area contributed by atoms with Gasteiger partial charge >= 0.3 is 41.8 Å². The van der Waals surface area contributed by atoms with Crippen LogP contribution in [0.25, 0.3) is 0 Å². The highest BCUT2D eigenvalue weighted by molar-refractivity contribution is 7.01. The molecule has 2 rings (SSSR count). The highest BCUT2D eigenvalue weighted by atomic mass is 28.3. The van der Waals surface area contributed by atoms with Crippen molar-refractivity contribution in [3.8, 4) is 0 Å². The van der Waals surface area contributed by atoms with Crippen LogP contribution in [-0.2, 0) is 22.7 Å². The maximum Gasteiger partial charge on any atom is 0.460 e. The summed E-state index contributed by atoms with van der Waals surface area (Å²) in [6, 6.07) is 9.65. The Morgan fingerprint density at radius 3 is 1.64 bits per heavy atom. The lowest BCUT2D eigenvalue weighted by molar-refractivity contribution is -0.439. The number of aliphatic hydroxyl groups is 1. The molecule has 0 saturated heterocycles. The molecule has 0 aliphatic carbocycles. The molecule has 0 aromatic heterocycles. The van der Waals surface area contributed by atoms with Gasteiger partial charge in [-0.05, 0) is 17.2 Å². The fourth-order valence-corrected chi connectivity index (χ4v) is 7.68. The molecule has 0 spiro atoms. The van der Waals surface area contributed by atoms with E-state index < -0.39 is 68.9 Å². The highest BCUT2D eigenvalue weighted by Gasteiger charge is 2.90. The van der Waals surface area contributed by atoms with Gasteiger partial charge in [0.2, 0.25) is 0 Å². The highest BCUT2D eigenvalue weighted by Crippen LogP contribution is 2.60. The molecule has 1 atom stereocenters. The predicted molar refractivity (Wildman–Crippen MR) is 125 cm³/mol. The summed E-state index contributed by atoms with van der Waals surface area (Å²) in [5, 5.41) is 9.78. The van der Waals surface area contributed by atoms with Gasteiger partial charge in [-0.15, -0.1) is 0 Å². The summed E-state index contributed by atoms with van der Waals surface area (Å²) >= 11 is 0. The van der Waals surface area contributed by atoms with Crippen LogP contribution in [0.5, 0.6) is 0 Å². The lowest BCUT2D eigenvalue weighted by Gasteiger charge is -2.40. The number of hydrogen-bond donors (Lipinski definition) is 1. The van der Waals surface area contributed by atoms with Crippen molar-refractivity contribution in [2.75, 3.05) is 0 Å². The number of benzene rings is 2. The van der Waals surface area contributed by atoms with Crippen molar-refractivity contribution >= 4 is 24.4 Å². The van der Waals surface area contributed by atoms with Gasteiger partial charge in [-0.2, -0.15) is 57.1 Å². The largest absolute Gasteiger partial charge is 0.461 e. The molecule has 2 aromatic rings. The van der Waals surface area contributed by atoms with Crippen LogP contribution in [0.3, 0.4) is 0 Å². The van der Waals surface area contributed by atoms with Gasteiger partial charge in [-0.25, -0.2) is 0 Å². The molecule has 42 heavy (non-hydrogen) atoms. The number of ether oxygens (including phenoxy) is 1. The Bertz CT molecular complexity index is 1260. The molecule has 0 bridgehead atoms. The van der Waals surface area contributed by atoms with Crippen molar-refractivity contribution in [2.24, 2.45) is 0 Å². The molecule has 0 amide bonds. The van der Waals surface area contributed by atoms with E-state index in [0.29, 0.717) is 0 Å². The summed E-state index contributed by atoms with van der Waals surface area (Å²) in [4.78, 5) is 11.2. The van der Waals surface area contributed by atoms with Gasteiger partial charge in [-0.1, -0.05) is 65.5 Å². The fourth-order valence-electron chi connectivity index (χ4n) is 4.02. The van der Waals surface area contributed by atoms with Gasteiger partial charge in [0.15, 0.2) is 0 Å². The first-order chi connectivity index (χ1) is 18.9. The molecule has 17 heteroatoms. The average molecular weight is 647 g/mol. The van der Waals surface area contributed by atoms with E-state index in [2.05, 4.69) is 0 Å². The Labute approximate surface area is 231 Å². The van der Waals surface area contributed by atoms with E-state index in [1.807, 2.05) is 0 Å². The molecule has 0 heterocycles. The quantitative estimate of drug-likeness (QED) is 0.162. The number of carbonyl (C=O) groups is 1. The normalized spacial score (nSPS) is 15.3. The van der Waals surface area contributed by atoms with Crippen LogP contribution >= 0.6 is 0 Å². The maximum atomic E-state index is 14.7. The Morgan fingerprint density at radius 2 is 1.19 bits per heavy atom. The summed E-state index contributed by atoms with van der Waals surface area (Å²) in [7, 11) is -3.82. The average Bonchev–Trinajstić information content (AvgIpc) is 2.89. The number of aliphatic hydroxyl groups excluding tert-OH is 1. The Morgan fingerprint density at radius 1 is 0.738 bits per heavy atom. The van der Waals surface area contributed by atoms with Gasteiger partial charge in [0.05, 0.1) is 6.61 Å². The summed E-state index contributed by atoms with van der Waals surface area (Å²) in [6.07, 6.45) is -9.82. The molecule has 0 radical (unpaired) electrons. The molecule has 3 nitrogen and oxygen atoms in total. The monoisotopic (exact) mass is 646 g/mol. The minimum absolute atomic E-state index is 0.151.